The molecule has 1 amide bonds. The number of anilines is 1. The summed E-state index contributed by atoms with van der Waals surface area (Å²) in [5.74, 6) is -0.633. The van der Waals surface area contributed by atoms with Gasteiger partial charge >= 0.3 is 6.18 Å². The number of aromatic nitrogens is 1. The fraction of sp³-hybridized carbons (Fsp3) is 0.304. The summed E-state index contributed by atoms with van der Waals surface area (Å²) in [4.78, 5) is 16.8. The molecule has 33 heavy (non-hydrogen) atoms. The Labute approximate surface area is 189 Å². The van der Waals surface area contributed by atoms with E-state index in [-0.39, 0.29) is 31.8 Å². The lowest BCUT2D eigenvalue weighted by atomic mass is 9.97. The van der Waals surface area contributed by atoms with Crippen molar-refractivity contribution in [3.63, 3.8) is 0 Å². The predicted molar refractivity (Wildman–Crippen MR) is 118 cm³/mol. The number of hydrogen-bond acceptors (Lipinski definition) is 4. The van der Waals surface area contributed by atoms with E-state index in [4.69, 9.17) is 0 Å². The lowest BCUT2D eigenvalue weighted by molar-refractivity contribution is -0.137. The summed E-state index contributed by atoms with van der Waals surface area (Å²) in [6.07, 6.45) is -2.41. The predicted octanol–water partition coefficient (Wildman–Crippen LogP) is 4.60. The summed E-state index contributed by atoms with van der Waals surface area (Å²) in [7, 11) is -4.09. The number of sulfonamides is 1. The van der Waals surface area contributed by atoms with Gasteiger partial charge in [0.1, 0.15) is 0 Å². The van der Waals surface area contributed by atoms with Crippen LogP contribution in [0.2, 0.25) is 0 Å². The number of benzene rings is 2. The lowest BCUT2D eigenvalue weighted by Crippen LogP contribution is -2.41. The Morgan fingerprint density at radius 2 is 1.82 bits per heavy atom. The Morgan fingerprint density at radius 1 is 1.09 bits per heavy atom. The molecule has 1 aromatic heterocycles. The fourth-order valence-corrected chi connectivity index (χ4v) is 5.51. The van der Waals surface area contributed by atoms with Crippen LogP contribution in [0.15, 0.2) is 59.6 Å². The van der Waals surface area contributed by atoms with E-state index < -0.39 is 32.6 Å². The summed E-state index contributed by atoms with van der Waals surface area (Å²) < 4.78 is 65.8. The van der Waals surface area contributed by atoms with Crippen LogP contribution in [0.4, 0.5) is 18.9 Å². The smallest absolute Gasteiger partial charge is 0.325 e. The Kier molecular flexibility index (Phi) is 6.15. The summed E-state index contributed by atoms with van der Waals surface area (Å²) >= 11 is 0. The van der Waals surface area contributed by atoms with E-state index in [1.165, 1.54) is 0 Å². The maximum atomic E-state index is 13.0. The van der Waals surface area contributed by atoms with Gasteiger partial charge in [-0.05, 0) is 61.7 Å². The third-order valence-electron chi connectivity index (χ3n) is 5.85. The minimum absolute atomic E-state index is 0.0485. The van der Waals surface area contributed by atoms with E-state index in [0.717, 1.165) is 39.0 Å². The highest BCUT2D eigenvalue weighted by Crippen LogP contribution is 2.32. The normalized spacial score (nSPS) is 16.1. The average molecular weight is 478 g/mol. The van der Waals surface area contributed by atoms with E-state index in [2.05, 4.69) is 10.3 Å². The lowest BCUT2D eigenvalue weighted by Gasteiger charge is -2.30. The number of amides is 1. The maximum absolute atomic E-state index is 13.0. The van der Waals surface area contributed by atoms with Crippen molar-refractivity contribution in [3.05, 3.63) is 65.9 Å². The van der Waals surface area contributed by atoms with Crippen molar-refractivity contribution in [2.45, 2.75) is 30.8 Å². The van der Waals surface area contributed by atoms with Crippen LogP contribution in [0, 0.1) is 12.8 Å². The van der Waals surface area contributed by atoms with Gasteiger partial charge in [-0.2, -0.15) is 17.5 Å². The summed E-state index contributed by atoms with van der Waals surface area (Å²) in [6.45, 7) is 2.03. The van der Waals surface area contributed by atoms with Crippen LogP contribution in [0.1, 0.15) is 24.0 Å². The number of nitrogens with one attached hydrogen (secondary N) is 1. The van der Waals surface area contributed by atoms with Gasteiger partial charge < -0.3 is 5.32 Å². The van der Waals surface area contributed by atoms with Gasteiger partial charge in [0, 0.05) is 30.6 Å². The Balaban J connectivity index is 1.45. The van der Waals surface area contributed by atoms with Crippen LogP contribution in [-0.4, -0.2) is 36.7 Å². The first kappa shape index (κ1) is 23.2. The maximum Gasteiger partial charge on any atom is 0.416 e. The highest BCUT2D eigenvalue weighted by Gasteiger charge is 2.35. The van der Waals surface area contributed by atoms with E-state index in [0.29, 0.717) is 11.8 Å². The number of carbonyl (C=O) groups is 1. The number of aryl methyl sites for hydroxylation is 1. The molecule has 1 fully saturated rings. The van der Waals surface area contributed by atoms with Crippen molar-refractivity contribution >= 4 is 32.5 Å². The van der Waals surface area contributed by atoms with Crippen molar-refractivity contribution in [3.8, 4) is 0 Å². The van der Waals surface area contributed by atoms with Gasteiger partial charge in [-0.1, -0.05) is 12.1 Å². The molecule has 1 N–H and O–H groups in total. The zero-order chi connectivity index (χ0) is 23.8. The number of piperidine rings is 1. The van der Waals surface area contributed by atoms with Crippen LogP contribution in [0.5, 0.6) is 0 Å². The van der Waals surface area contributed by atoms with Crippen molar-refractivity contribution in [1.82, 2.24) is 9.29 Å². The van der Waals surface area contributed by atoms with Crippen LogP contribution < -0.4 is 5.32 Å². The Hall–Kier alpha value is -2.98. The van der Waals surface area contributed by atoms with Crippen molar-refractivity contribution in [2.75, 3.05) is 18.4 Å². The second kappa shape index (κ2) is 8.75. The molecule has 10 heteroatoms. The Morgan fingerprint density at radius 3 is 2.52 bits per heavy atom. The first-order valence-corrected chi connectivity index (χ1v) is 11.8. The fourth-order valence-electron chi connectivity index (χ4n) is 4.00. The van der Waals surface area contributed by atoms with Gasteiger partial charge in [-0.25, -0.2) is 8.42 Å². The zero-order valence-corrected chi connectivity index (χ0v) is 18.6. The van der Waals surface area contributed by atoms with E-state index in [1.807, 2.05) is 25.1 Å². The second-order valence-corrected chi connectivity index (χ2v) is 9.96. The van der Waals surface area contributed by atoms with Crippen molar-refractivity contribution < 1.29 is 26.4 Å². The van der Waals surface area contributed by atoms with Crippen molar-refractivity contribution in [2.24, 2.45) is 5.92 Å². The molecule has 0 radical (unpaired) electrons. The molecule has 174 valence electrons. The van der Waals surface area contributed by atoms with Crippen LogP contribution in [0.3, 0.4) is 0 Å². The van der Waals surface area contributed by atoms with Crippen molar-refractivity contribution in [1.29, 1.82) is 0 Å². The molecular formula is C23H22F3N3O3S. The molecule has 1 aliphatic heterocycles. The van der Waals surface area contributed by atoms with Crippen LogP contribution in [-0.2, 0) is 21.0 Å². The molecule has 6 nitrogen and oxygen atoms in total. The van der Waals surface area contributed by atoms with E-state index >= 15 is 0 Å². The van der Waals surface area contributed by atoms with Crippen LogP contribution >= 0.6 is 0 Å². The van der Waals surface area contributed by atoms with Gasteiger partial charge in [0.15, 0.2) is 0 Å². The highest BCUT2D eigenvalue weighted by atomic mass is 32.2. The third-order valence-corrected chi connectivity index (χ3v) is 7.75. The van der Waals surface area contributed by atoms with Gasteiger partial charge in [0.2, 0.25) is 15.9 Å². The SMILES string of the molecule is Cc1ccc(NC(=O)C2CCN(S(=O)(=O)c3cccc(C(F)(F)F)c3)CC2)c2cccnc12. The first-order chi connectivity index (χ1) is 15.6. The summed E-state index contributed by atoms with van der Waals surface area (Å²) in [5, 5.41) is 3.73. The molecule has 4 rings (SSSR count). The number of halogens is 3. The largest absolute Gasteiger partial charge is 0.416 e. The van der Waals surface area contributed by atoms with Gasteiger partial charge in [0.05, 0.1) is 21.7 Å². The van der Waals surface area contributed by atoms with Crippen LogP contribution in [0.25, 0.3) is 10.9 Å². The molecule has 0 bridgehead atoms. The number of pyridine rings is 1. The molecule has 0 spiro atoms. The molecule has 0 unspecified atom stereocenters. The minimum atomic E-state index is -4.63. The monoisotopic (exact) mass is 477 g/mol. The first-order valence-electron chi connectivity index (χ1n) is 10.4. The number of carbonyl (C=O) groups excluding carboxylic acids is 1. The number of nitrogens with zero attached hydrogens (tertiary/aromatic N) is 2. The standard InChI is InChI=1S/C23H22F3N3O3S/c1-15-7-8-20(19-6-3-11-27-21(15)19)28-22(30)16-9-12-29(13-10-16)33(31,32)18-5-2-4-17(14-18)23(24,25)26/h2-8,11,14,16H,9-10,12-13H2,1H3,(H,28,30). The van der Waals surface area contributed by atoms with E-state index in [9.17, 15) is 26.4 Å². The number of hydrogen-bond donors (Lipinski definition) is 1. The highest BCUT2D eigenvalue weighted by molar-refractivity contribution is 7.89. The second-order valence-electron chi connectivity index (χ2n) is 8.02. The molecule has 0 aliphatic carbocycles. The molecule has 0 saturated carbocycles. The summed E-state index contributed by atoms with van der Waals surface area (Å²) in [5.41, 5.74) is 1.39. The summed E-state index contributed by atoms with van der Waals surface area (Å²) in [6, 6.07) is 11.0. The topological polar surface area (TPSA) is 79.4 Å². The molecule has 1 aliphatic rings. The van der Waals surface area contributed by atoms with Gasteiger partial charge in [0.25, 0.3) is 0 Å². The third kappa shape index (κ3) is 4.72. The molecule has 2 aromatic carbocycles. The van der Waals surface area contributed by atoms with Gasteiger partial charge in [-0.15, -0.1) is 0 Å². The molecule has 0 atom stereocenters. The van der Waals surface area contributed by atoms with E-state index in [1.54, 1.807) is 12.3 Å². The van der Waals surface area contributed by atoms with Gasteiger partial charge in [-0.3, -0.25) is 9.78 Å². The quantitative estimate of drug-likeness (QED) is 0.596. The molecule has 3 aromatic rings. The number of rotatable bonds is 4. The molecule has 2 heterocycles. The molecule has 1 saturated heterocycles. The average Bonchev–Trinajstić information content (AvgIpc) is 2.80. The molecular weight excluding hydrogens is 455 g/mol. The Bertz CT molecular complexity index is 1300. The zero-order valence-electron chi connectivity index (χ0n) is 17.8. The number of alkyl halides is 3. The minimum Gasteiger partial charge on any atom is -0.325 e. The number of fused-ring (bicyclic) bond motifs is 1.